The first-order valence-corrected chi connectivity index (χ1v) is 6.02. The molecule has 0 atom stereocenters. The molecule has 7 nitrogen and oxygen atoms in total. The molecule has 2 aromatic heterocycles. The van der Waals surface area contributed by atoms with Gasteiger partial charge in [0.25, 0.3) is 0 Å². The summed E-state index contributed by atoms with van der Waals surface area (Å²) in [6.07, 6.45) is 5.94. The van der Waals surface area contributed by atoms with Crippen molar-refractivity contribution in [3.8, 4) is 0 Å². The predicted octanol–water partition coefficient (Wildman–Crippen LogP) is -0.509. The molecule has 1 amide bonds. The molecule has 0 saturated carbocycles. The molecule has 2 heterocycles. The van der Waals surface area contributed by atoms with Crippen LogP contribution in [0.15, 0.2) is 30.7 Å². The summed E-state index contributed by atoms with van der Waals surface area (Å²) in [4.78, 5) is 15.7. The second kappa shape index (κ2) is 6.60. The first-order chi connectivity index (χ1) is 9.28. The van der Waals surface area contributed by atoms with Gasteiger partial charge in [0.05, 0.1) is 11.9 Å². The SMILES string of the molecule is NCc1cn(CC(=O)NCCc2cccnc2)nn1. The Labute approximate surface area is 110 Å². The topological polar surface area (TPSA) is 98.7 Å². The predicted molar refractivity (Wildman–Crippen MR) is 68.9 cm³/mol. The molecule has 0 aromatic carbocycles. The van der Waals surface area contributed by atoms with Gasteiger partial charge in [-0.2, -0.15) is 0 Å². The molecule has 0 aliphatic rings. The van der Waals surface area contributed by atoms with Gasteiger partial charge < -0.3 is 11.1 Å². The number of amides is 1. The Morgan fingerprint density at radius 3 is 3.05 bits per heavy atom. The van der Waals surface area contributed by atoms with Crippen LogP contribution in [0, 0.1) is 0 Å². The highest BCUT2D eigenvalue weighted by molar-refractivity contribution is 5.75. The van der Waals surface area contributed by atoms with E-state index in [-0.39, 0.29) is 12.5 Å². The summed E-state index contributed by atoms with van der Waals surface area (Å²) in [5, 5.41) is 10.4. The molecule has 2 rings (SSSR count). The molecule has 0 unspecified atom stereocenters. The molecular formula is C12H16N6O. The van der Waals surface area contributed by atoms with Crippen LogP contribution in [0.2, 0.25) is 0 Å². The van der Waals surface area contributed by atoms with Gasteiger partial charge >= 0.3 is 0 Å². The third-order valence-electron chi connectivity index (χ3n) is 2.56. The highest BCUT2D eigenvalue weighted by atomic mass is 16.2. The van der Waals surface area contributed by atoms with E-state index < -0.39 is 0 Å². The maximum atomic E-state index is 11.7. The van der Waals surface area contributed by atoms with Crippen LogP contribution < -0.4 is 11.1 Å². The Bertz CT molecular complexity index is 524. The Morgan fingerprint density at radius 1 is 1.47 bits per heavy atom. The molecule has 0 radical (unpaired) electrons. The molecule has 7 heteroatoms. The van der Waals surface area contributed by atoms with Crippen LogP contribution in [-0.2, 0) is 24.3 Å². The fourth-order valence-electron chi connectivity index (χ4n) is 1.60. The molecule has 0 aliphatic heterocycles. The lowest BCUT2D eigenvalue weighted by atomic mass is 10.2. The first-order valence-electron chi connectivity index (χ1n) is 6.02. The number of hydrogen-bond acceptors (Lipinski definition) is 5. The molecule has 3 N–H and O–H groups in total. The van der Waals surface area contributed by atoms with Gasteiger partial charge in [-0.25, -0.2) is 4.68 Å². The van der Waals surface area contributed by atoms with E-state index in [1.807, 2.05) is 12.1 Å². The van der Waals surface area contributed by atoms with E-state index in [2.05, 4.69) is 20.6 Å². The Kier molecular flexibility index (Phi) is 4.57. The van der Waals surface area contributed by atoms with Gasteiger partial charge in [-0.1, -0.05) is 11.3 Å². The van der Waals surface area contributed by atoms with Crippen molar-refractivity contribution in [2.75, 3.05) is 6.54 Å². The molecule has 0 aliphatic carbocycles. The minimum absolute atomic E-state index is 0.0997. The minimum Gasteiger partial charge on any atom is -0.354 e. The van der Waals surface area contributed by atoms with Gasteiger partial charge in [0.1, 0.15) is 6.54 Å². The number of nitrogens with zero attached hydrogens (tertiary/aromatic N) is 4. The number of aromatic nitrogens is 4. The summed E-state index contributed by atoms with van der Waals surface area (Å²) in [6.45, 7) is 1.05. The van der Waals surface area contributed by atoms with Crippen molar-refractivity contribution in [3.63, 3.8) is 0 Å². The number of pyridine rings is 1. The van der Waals surface area contributed by atoms with E-state index in [0.29, 0.717) is 18.8 Å². The zero-order valence-corrected chi connectivity index (χ0v) is 10.5. The first kappa shape index (κ1) is 13.2. The zero-order chi connectivity index (χ0) is 13.5. The van der Waals surface area contributed by atoms with E-state index >= 15 is 0 Å². The fourth-order valence-corrected chi connectivity index (χ4v) is 1.60. The van der Waals surface area contributed by atoms with Crippen molar-refractivity contribution < 1.29 is 4.79 Å². The molecule has 0 saturated heterocycles. The lowest BCUT2D eigenvalue weighted by molar-refractivity contribution is -0.121. The lowest BCUT2D eigenvalue weighted by Gasteiger charge is -2.04. The van der Waals surface area contributed by atoms with Gasteiger partial charge in [-0.15, -0.1) is 5.10 Å². The van der Waals surface area contributed by atoms with Gasteiger partial charge in [0, 0.05) is 25.5 Å². The maximum absolute atomic E-state index is 11.7. The fraction of sp³-hybridized carbons (Fsp3) is 0.333. The molecule has 19 heavy (non-hydrogen) atoms. The van der Waals surface area contributed by atoms with Crippen molar-refractivity contribution >= 4 is 5.91 Å². The van der Waals surface area contributed by atoms with E-state index in [9.17, 15) is 4.79 Å². The molecule has 2 aromatic rings. The summed E-state index contributed by atoms with van der Waals surface area (Å²) >= 11 is 0. The number of carbonyl (C=O) groups is 1. The summed E-state index contributed by atoms with van der Waals surface area (Å²) in [7, 11) is 0. The van der Waals surface area contributed by atoms with Crippen LogP contribution in [0.4, 0.5) is 0 Å². The number of carbonyl (C=O) groups excluding carboxylic acids is 1. The summed E-state index contributed by atoms with van der Waals surface area (Å²) in [5.41, 5.74) is 7.18. The minimum atomic E-state index is -0.0997. The van der Waals surface area contributed by atoms with Crippen molar-refractivity contribution in [1.82, 2.24) is 25.3 Å². The lowest BCUT2D eigenvalue weighted by Crippen LogP contribution is -2.29. The third kappa shape index (κ3) is 4.14. The van der Waals surface area contributed by atoms with Crippen LogP contribution >= 0.6 is 0 Å². The van der Waals surface area contributed by atoms with Crippen LogP contribution in [0.1, 0.15) is 11.3 Å². The maximum Gasteiger partial charge on any atom is 0.241 e. The van der Waals surface area contributed by atoms with Gasteiger partial charge in [-0.3, -0.25) is 9.78 Å². The van der Waals surface area contributed by atoms with Crippen LogP contribution in [-0.4, -0.2) is 32.4 Å². The molecule has 0 fully saturated rings. The largest absolute Gasteiger partial charge is 0.354 e. The number of hydrogen-bond donors (Lipinski definition) is 2. The Balaban J connectivity index is 1.73. The van der Waals surface area contributed by atoms with Gasteiger partial charge in [-0.05, 0) is 18.1 Å². The average Bonchev–Trinajstić information content (AvgIpc) is 2.87. The normalized spacial score (nSPS) is 10.4. The van der Waals surface area contributed by atoms with Crippen LogP contribution in [0.5, 0.6) is 0 Å². The van der Waals surface area contributed by atoms with Crippen molar-refractivity contribution in [3.05, 3.63) is 42.0 Å². The Hall–Kier alpha value is -2.28. The summed E-state index contributed by atoms with van der Waals surface area (Å²) in [5.74, 6) is -0.0997. The quantitative estimate of drug-likeness (QED) is 0.729. The highest BCUT2D eigenvalue weighted by Gasteiger charge is 2.04. The molecule has 0 bridgehead atoms. The zero-order valence-electron chi connectivity index (χ0n) is 10.5. The summed E-state index contributed by atoms with van der Waals surface area (Å²) < 4.78 is 1.47. The number of rotatable bonds is 6. The molecular weight excluding hydrogens is 244 g/mol. The van der Waals surface area contributed by atoms with E-state index in [4.69, 9.17) is 5.73 Å². The van der Waals surface area contributed by atoms with Crippen molar-refractivity contribution in [2.24, 2.45) is 5.73 Å². The van der Waals surface area contributed by atoms with Gasteiger partial charge in [0.2, 0.25) is 5.91 Å². The molecule has 100 valence electrons. The number of nitrogens with one attached hydrogen (secondary N) is 1. The standard InChI is InChI=1S/C12H16N6O/c13-6-11-8-18(17-16-11)9-12(19)15-5-3-10-2-1-4-14-7-10/h1-2,4,7-8H,3,5-6,9,13H2,(H,15,19). The monoisotopic (exact) mass is 260 g/mol. The number of nitrogens with two attached hydrogens (primary N) is 1. The van der Waals surface area contributed by atoms with Gasteiger partial charge in [0.15, 0.2) is 0 Å². The second-order valence-corrected chi connectivity index (χ2v) is 4.07. The van der Waals surface area contributed by atoms with E-state index in [1.165, 1.54) is 4.68 Å². The second-order valence-electron chi connectivity index (χ2n) is 4.07. The average molecular weight is 260 g/mol. The molecule has 0 spiro atoms. The Morgan fingerprint density at radius 2 is 2.37 bits per heavy atom. The highest BCUT2D eigenvalue weighted by Crippen LogP contribution is 1.95. The smallest absolute Gasteiger partial charge is 0.241 e. The van der Waals surface area contributed by atoms with E-state index in [0.717, 1.165) is 12.0 Å². The van der Waals surface area contributed by atoms with E-state index in [1.54, 1.807) is 18.6 Å². The van der Waals surface area contributed by atoms with Crippen molar-refractivity contribution in [2.45, 2.75) is 19.5 Å². The van der Waals surface area contributed by atoms with Crippen molar-refractivity contribution in [1.29, 1.82) is 0 Å². The van der Waals surface area contributed by atoms with Crippen LogP contribution in [0.3, 0.4) is 0 Å². The van der Waals surface area contributed by atoms with Crippen LogP contribution in [0.25, 0.3) is 0 Å². The summed E-state index contributed by atoms with van der Waals surface area (Å²) in [6, 6.07) is 3.85. The third-order valence-corrected chi connectivity index (χ3v) is 2.56.